The van der Waals surface area contributed by atoms with E-state index in [-0.39, 0.29) is 18.4 Å². The first-order valence-corrected chi connectivity index (χ1v) is 9.81. The van der Waals surface area contributed by atoms with E-state index in [0.29, 0.717) is 6.04 Å². The zero-order valence-electron chi connectivity index (χ0n) is 16.3. The molecule has 0 unspecified atom stereocenters. The smallest absolute Gasteiger partial charge is 0.237 e. The summed E-state index contributed by atoms with van der Waals surface area (Å²) in [6, 6.07) is 8.71. The standard InChI is InChI=1S/C21H30N4O2/c1-15-19(18-8-3-4-9-20(18)25(15)14-21(22)27)13-24-12-6-5-7-17(24)10-11-23-16(2)26/h3-4,8-9,17H,5-7,10-14H2,1-2H3,(H2,22,27)(H,23,26)/t17-/m1/s1. The van der Waals surface area contributed by atoms with Crippen LogP contribution < -0.4 is 11.1 Å². The monoisotopic (exact) mass is 370 g/mol. The maximum absolute atomic E-state index is 11.5. The van der Waals surface area contributed by atoms with E-state index in [1.807, 2.05) is 16.7 Å². The molecule has 1 aliphatic rings. The quantitative estimate of drug-likeness (QED) is 0.785. The van der Waals surface area contributed by atoms with Gasteiger partial charge < -0.3 is 15.6 Å². The van der Waals surface area contributed by atoms with Gasteiger partial charge in [0.2, 0.25) is 11.8 Å². The van der Waals surface area contributed by atoms with Crippen molar-refractivity contribution >= 4 is 22.7 Å². The molecule has 1 saturated heterocycles. The maximum Gasteiger partial charge on any atom is 0.237 e. The summed E-state index contributed by atoms with van der Waals surface area (Å²) in [6.07, 6.45) is 4.58. The fraction of sp³-hybridized carbons (Fsp3) is 0.524. The number of amides is 2. The van der Waals surface area contributed by atoms with Crippen molar-refractivity contribution in [1.82, 2.24) is 14.8 Å². The van der Waals surface area contributed by atoms with Gasteiger partial charge in [0.1, 0.15) is 6.54 Å². The molecule has 1 fully saturated rings. The van der Waals surface area contributed by atoms with Crippen LogP contribution in [0.25, 0.3) is 10.9 Å². The van der Waals surface area contributed by atoms with Crippen molar-refractivity contribution in [2.45, 2.75) is 58.7 Å². The van der Waals surface area contributed by atoms with Crippen molar-refractivity contribution in [1.29, 1.82) is 0 Å². The number of para-hydroxylation sites is 1. The van der Waals surface area contributed by atoms with E-state index in [1.165, 1.54) is 30.2 Å². The lowest BCUT2D eigenvalue weighted by molar-refractivity contribution is -0.119. The summed E-state index contributed by atoms with van der Waals surface area (Å²) in [5.41, 5.74) is 8.93. The first-order valence-electron chi connectivity index (χ1n) is 9.81. The Hall–Kier alpha value is -2.34. The predicted molar refractivity (Wildman–Crippen MR) is 107 cm³/mol. The minimum Gasteiger partial charge on any atom is -0.368 e. The van der Waals surface area contributed by atoms with E-state index in [1.54, 1.807) is 6.92 Å². The van der Waals surface area contributed by atoms with Crippen LogP contribution in [-0.4, -0.2) is 40.4 Å². The number of nitrogens with two attached hydrogens (primary N) is 1. The highest BCUT2D eigenvalue weighted by Gasteiger charge is 2.25. The summed E-state index contributed by atoms with van der Waals surface area (Å²) in [7, 11) is 0. The van der Waals surface area contributed by atoms with Gasteiger partial charge in [0.15, 0.2) is 0 Å². The molecule has 0 radical (unpaired) electrons. The van der Waals surface area contributed by atoms with Gasteiger partial charge in [-0.15, -0.1) is 0 Å². The van der Waals surface area contributed by atoms with Crippen LogP contribution >= 0.6 is 0 Å². The highest BCUT2D eigenvalue weighted by molar-refractivity contribution is 5.87. The maximum atomic E-state index is 11.5. The lowest BCUT2D eigenvalue weighted by atomic mass is 9.98. The van der Waals surface area contributed by atoms with Crippen LogP contribution in [-0.2, 0) is 22.7 Å². The van der Waals surface area contributed by atoms with Gasteiger partial charge in [-0.05, 0) is 44.4 Å². The molecule has 0 saturated carbocycles. The van der Waals surface area contributed by atoms with Crippen LogP contribution in [0.15, 0.2) is 24.3 Å². The number of nitrogens with zero attached hydrogens (tertiary/aromatic N) is 2. The Labute approximate surface area is 160 Å². The number of piperidine rings is 1. The van der Waals surface area contributed by atoms with Gasteiger partial charge in [0, 0.05) is 42.7 Å². The number of hydrogen-bond donors (Lipinski definition) is 2. The van der Waals surface area contributed by atoms with Gasteiger partial charge in [0.25, 0.3) is 0 Å². The van der Waals surface area contributed by atoms with Gasteiger partial charge >= 0.3 is 0 Å². The fourth-order valence-corrected chi connectivity index (χ4v) is 4.27. The van der Waals surface area contributed by atoms with E-state index in [2.05, 4.69) is 29.3 Å². The third-order valence-corrected chi connectivity index (χ3v) is 5.64. The molecule has 27 heavy (non-hydrogen) atoms. The minimum atomic E-state index is -0.323. The predicted octanol–water partition coefficient (Wildman–Crippen LogP) is 2.32. The van der Waals surface area contributed by atoms with E-state index < -0.39 is 0 Å². The average molecular weight is 370 g/mol. The second-order valence-electron chi connectivity index (χ2n) is 7.53. The Morgan fingerprint density at radius 2 is 2.04 bits per heavy atom. The molecule has 6 heteroatoms. The molecular weight excluding hydrogens is 340 g/mol. The number of aromatic nitrogens is 1. The lowest BCUT2D eigenvalue weighted by Gasteiger charge is -2.36. The van der Waals surface area contributed by atoms with Crippen molar-refractivity contribution in [2.24, 2.45) is 5.73 Å². The van der Waals surface area contributed by atoms with Crippen molar-refractivity contribution < 1.29 is 9.59 Å². The molecule has 0 spiro atoms. The second-order valence-corrected chi connectivity index (χ2v) is 7.53. The van der Waals surface area contributed by atoms with E-state index in [9.17, 15) is 9.59 Å². The number of rotatable bonds is 7. The molecule has 0 bridgehead atoms. The molecule has 0 aliphatic carbocycles. The van der Waals surface area contributed by atoms with Crippen molar-refractivity contribution in [3.63, 3.8) is 0 Å². The highest BCUT2D eigenvalue weighted by atomic mass is 16.1. The Bertz CT molecular complexity index is 827. The summed E-state index contributed by atoms with van der Waals surface area (Å²) < 4.78 is 2.03. The zero-order valence-corrected chi connectivity index (χ0v) is 16.3. The average Bonchev–Trinajstić information content (AvgIpc) is 2.88. The molecule has 1 aromatic carbocycles. The van der Waals surface area contributed by atoms with Crippen molar-refractivity contribution in [2.75, 3.05) is 13.1 Å². The SMILES string of the molecule is CC(=O)NCC[C@H]1CCCCN1Cc1c(C)n(CC(N)=O)c2ccccc12. The summed E-state index contributed by atoms with van der Waals surface area (Å²) in [5, 5.41) is 4.12. The van der Waals surface area contributed by atoms with Crippen molar-refractivity contribution in [3.05, 3.63) is 35.5 Å². The molecule has 146 valence electrons. The van der Waals surface area contributed by atoms with Crippen LogP contribution in [0.4, 0.5) is 0 Å². The zero-order chi connectivity index (χ0) is 19.4. The van der Waals surface area contributed by atoms with Gasteiger partial charge in [-0.2, -0.15) is 0 Å². The lowest BCUT2D eigenvalue weighted by Crippen LogP contribution is -2.41. The largest absolute Gasteiger partial charge is 0.368 e. The highest BCUT2D eigenvalue weighted by Crippen LogP contribution is 2.30. The summed E-state index contributed by atoms with van der Waals surface area (Å²) in [6.45, 7) is 6.50. The molecule has 1 aliphatic heterocycles. The van der Waals surface area contributed by atoms with Crippen LogP contribution in [0, 0.1) is 6.92 Å². The number of primary amides is 1. The first-order chi connectivity index (χ1) is 13.0. The molecule has 2 heterocycles. The number of carbonyl (C=O) groups excluding carboxylic acids is 2. The molecule has 6 nitrogen and oxygen atoms in total. The molecular formula is C21H30N4O2. The summed E-state index contributed by atoms with van der Waals surface area (Å²) in [4.78, 5) is 25.3. The Balaban J connectivity index is 1.84. The van der Waals surface area contributed by atoms with Gasteiger partial charge in [0.05, 0.1) is 0 Å². The molecule has 3 N–H and O–H groups in total. The van der Waals surface area contributed by atoms with Gasteiger partial charge in [-0.1, -0.05) is 24.6 Å². The summed E-state index contributed by atoms with van der Waals surface area (Å²) >= 11 is 0. The van der Waals surface area contributed by atoms with E-state index in [4.69, 9.17) is 5.73 Å². The second kappa shape index (κ2) is 8.57. The molecule has 3 rings (SSSR count). The topological polar surface area (TPSA) is 80.4 Å². The number of likely N-dealkylation sites (tertiary alicyclic amines) is 1. The van der Waals surface area contributed by atoms with Crippen molar-refractivity contribution in [3.8, 4) is 0 Å². The third-order valence-electron chi connectivity index (χ3n) is 5.64. The number of carbonyl (C=O) groups is 2. The number of nitrogens with one attached hydrogen (secondary N) is 1. The van der Waals surface area contributed by atoms with Gasteiger partial charge in [-0.3, -0.25) is 14.5 Å². The number of fused-ring (bicyclic) bond motifs is 1. The van der Waals surface area contributed by atoms with Crippen LogP contribution in [0.5, 0.6) is 0 Å². The molecule has 2 amide bonds. The summed E-state index contributed by atoms with van der Waals surface area (Å²) in [5.74, 6) is -0.292. The van der Waals surface area contributed by atoms with Gasteiger partial charge in [-0.25, -0.2) is 0 Å². The first kappa shape index (κ1) is 19.4. The molecule has 1 aromatic heterocycles. The number of hydrogen-bond acceptors (Lipinski definition) is 3. The van der Waals surface area contributed by atoms with Crippen LogP contribution in [0.2, 0.25) is 0 Å². The minimum absolute atomic E-state index is 0.0303. The molecule has 2 aromatic rings. The Morgan fingerprint density at radius 3 is 2.78 bits per heavy atom. The fourth-order valence-electron chi connectivity index (χ4n) is 4.27. The third kappa shape index (κ3) is 4.50. The number of benzene rings is 1. The van der Waals surface area contributed by atoms with E-state index >= 15 is 0 Å². The van der Waals surface area contributed by atoms with Crippen LogP contribution in [0.1, 0.15) is 43.9 Å². The normalized spacial score (nSPS) is 17.9. The Kier molecular flexibility index (Phi) is 6.16. The molecule has 1 atom stereocenters. The van der Waals surface area contributed by atoms with E-state index in [0.717, 1.165) is 37.3 Å². The Morgan fingerprint density at radius 1 is 1.26 bits per heavy atom. The van der Waals surface area contributed by atoms with Crippen LogP contribution in [0.3, 0.4) is 0 Å².